The van der Waals surface area contributed by atoms with E-state index in [4.69, 9.17) is 4.74 Å². The van der Waals surface area contributed by atoms with E-state index in [1.165, 1.54) is 19.5 Å². The monoisotopic (exact) mass is 338 g/mol. The average Bonchev–Trinajstić information content (AvgIpc) is 2.63. The number of nitrogens with one attached hydrogen (secondary N) is 1. The first kappa shape index (κ1) is 16.5. The highest BCUT2D eigenvalue weighted by molar-refractivity contribution is 5.91. The lowest BCUT2D eigenvalue weighted by molar-refractivity contribution is -0.115. The first-order valence-corrected chi connectivity index (χ1v) is 7.50. The maximum Gasteiger partial charge on any atom is 0.229 e. The van der Waals surface area contributed by atoms with Crippen molar-refractivity contribution in [1.29, 1.82) is 0 Å². The summed E-state index contributed by atoms with van der Waals surface area (Å²) >= 11 is 0. The van der Waals surface area contributed by atoms with Crippen molar-refractivity contribution in [3.05, 3.63) is 66.5 Å². The van der Waals surface area contributed by atoms with Crippen LogP contribution in [-0.2, 0) is 11.2 Å². The van der Waals surface area contributed by atoms with Gasteiger partial charge in [0.1, 0.15) is 12.1 Å². The van der Waals surface area contributed by atoms with E-state index in [1.807, 2.05) is 0 Å². The number of hydrogen-bond acceptors (Lipinski definition) is 5. The number of rotatable bonds is 5. The van der Waals surface area contributed by atoms with Gasteiger partial charge in [-0.3, -0.25) is 9.78 Å². The lowest BCUT2D eigenvalue weighted by Crippen LogP contribution is -2.15. The van der Waals surface area contributed by atoms with Crippen LogP contribution in [0, 0.1) is 5.82 Å². The highest BCUT2D eigenvalue weighted by Crippen LogP contribution is 2.25. The van der Waals surface area contributed by atoms with Crippen LogP contribution in [0.1, 0.15) is 5.56 Å². The quantitative estimate of drug-likeness (QED) is 0.774. The third-order valence-corrected chi connectivity index (χ3v) is 3.50. The van der Waals surface area contributed by atoms with Crippen molar-refractivity contribution in [2.75, 3.05) is 12.4 Å². The van der Waals surface area contributed by atoms with Crippen LogP contribution in [-0.4, -0.2) is 28.0 Å². The molecule has 0 saturated carbocycles. The van der Waals surface area contributed by atoms with E-state index in [9.17, 15) is 9.18 Å². The summed E-state index contributed by atoms with van der Waals surface area (Å²) in [6.07, 6.45) is 4.82. The van der Waals surface area contributed by atoms with Gasteiger partial charge < -0.3 is 10.1 Å². The molecule has 126 valence electrons. The number of amides is 1. The Balaban J connectivity index is 1.76. The molecule has 0 unspecified atom stereocenters. The van der Waals surface area contributed by atoms with Crippen LogP contribution in [0.4, 0.5) is 10.2 Å². The van der Waals surface area contributed by atoms with Crippen LogP contribution in [0.3, 0.4) is 0 Å². The first-order valence-electron chi connectivity index (χ1n) is 7.50. The fourth-order valence-electron chi connectivity index (χ4n) is 2.28. The highest BCUT2D eigenvalue weighted by atomic mass is 19.1. The zero-order valence-corrected chi connectivity index (χ0v) is 13.4. The molecule has 2 aromatic heterocycles. The molecule has 25 heavy (non-hydrogen) atoms. The third kappa shape index (κ3) is 4.14. The number of carbonyl (C=O) groups is 1. The molecule has 2 heterocycles. The van der Waals surface area contributed by atoms with E-state index in [1.54, 1.807) is 42.7 Å². The standard InChI is InChI=1S/C18H15FN4O2/c1-25-16-9-13(2-3-14(16)19)15-10-17(22-11-21-15)23-18(24)8-12-4-6-20-7-5-12/h2-7,9-11H,8H2,1H3,(H,21,22,23,24). The van der Waals surface area contributed by atoms with Crippen molar-refractivity contribution in [2.45, 2.75) is 6.42 Å². The van der Waals surface area contributed by atoms with E-state index < -0.39 is 5.82 Å². The van der Waals surface area contributed by atoms with E-state index in [2.05, 4.69) is 20.3 Å². The van der Waals surface area contributed by atoms with Crippen LogP contribution >= 0.6 is 0 Å². The molecule has 0 aliphatic carbocycles. The summed E-state index contributed by atoms with van der Waals surface area (Å²) < 4.78 is 18.5. The summed E-state index contributed by atoms with van der Waals surface area (Å²) in [7, 11) is 1.40. The van der Waals surface area contributed by atoms with Crippen molar-refractivity contribution >= 4 is 11.7 Å². The van der Waals surface area contributed by atoms with Crippen LogP contribution in [0.25, 0.3) is 11.3 Å². The average molecular weight is 338 g/mol. The molecule has 0 saturated heterocycles. The molecule has 0 spiro atoms. The molecule has 0 aliphatic rings. The molecule has 6 nitrogen and oxygen atoms in total. The Kier molecular flexibility index (Phi) is 4.94. The summed E-state index contributed by atoms with van der Waals surface area (Å²) in [6, 6.07) is 9.60. The maximum atomic E-state index is 13.5. The van der Waals surface area contributed by atoms with Crippen molar-refractivity contribution in [2.24, 2.45) is 0 Å². The lowest BCUT2D eigenvalue weighted by atomic mass is 10.1. The number of aromatic nitrogens is 3. The molecule has 0 fully saturated rings. The molecule has 0 atom stereocenters. The lowest BCUT2D eigenvalue weighted by Gasteiger charge is -2.08. The number of hydrogen-bond donors (Lipinski definition) is 1. The zero-order chi connectivity index (χ0) is 17.6. The third-order valence-electron chi connectivity index (χ3n) is 3.50. The van der Waals surface area contributed by atoms with Gasteiger partial charge in [0.05, 0.1) is 19.2 Å². The van der Waals surface area contributed by atoms with Crippen LogP contribution < -0.4 is 10.1 Å². The molecule has 7 heteroatoms. The van der Waals surface area contributed by atoms with Crippen molar-refractivity contribution < 1.29 is 13.9 Å². The smallest absolute Gasteiger partial charge is 0.229 e. The highest BCUT2D eigenvalue weighted by Gasteiger charge is 2.09. The first-order chi connectivity index (χ1) is 12.2. The number of anilines is 1. The largest absolute Gasteiger partial charge is 0.494 e. The minimum atomic E-state index is -0.453. The number of nitrogens with zero attached hydrogens (tertiary/aromatic N) is 3. The van der Waals surface area contributed by atoms with Crippen molar-refractivity contribution in [1.82, 2.24) is 15.0 Å². The molecule has 1 aromatic carbocycles. The van der Waals surface area contributed by atoms with Gasteiger partial charge in [0.25, 0.3) is 0 Å². The van der Waals surface area contributed by atoms with Gasteiger partial charge in [0.15, 0.2) is 11.6 Å². The topological polar surface area (TPSA) is 77.0 Å². The minimum absolute atomic E-state index is 0.124. The van der Waals surface area contributed by atoms with Gasteiger partial charge in [-0.05, 0) is 35.9 Å². The minimum Gasteiger partial charge on any atom is -0.494 e. The predicted octanol–water partition coefficient (Wildman–Crippen LogP) is 2.87. The van der Waals surface area contributed by atoms with Crippen LogP contribution in [0.2, 0.25) is 0 Å². The van der Waals surface area contributed by atoms with Gasteiger partial charge in [-0.1, -0.05) is 0 Å². The van der Waals surface area contributed by atoms with Gasteiger partial charge in [-0.25, -0.2) is 14.4 Å². The van der Waals surface area contributed by atoms with Crippen LogP contribution in [0.15, 0.2) is 55.1 Å². The van der Waals surface area contributed by atoms with Gasteiger partial charge >= 0.3 is 0 Å². The van der Waals surface area contributed by atoms with Gasteiger partial charge in [0.2, 0.25) is 5.91 Å². The van der Waals surface area contributed by atoms with E-state index in [-0.39, 0.29) is 18.1 Å². The number of benzene rings is 1. The number of carbonyl (C=O) groups excluding carboxylic acids is 1. The normalized spacial score (nSPS) is 10.3. The van der Waals surface area contributed by atoms with Crippen LogP contribution in [0.5, 0.6) is 5.75 Å². The maximum absolute atomic E-state index is 13.5. The van der Waals surface area contributed by atoms with E-state index >= 15 is 0 Å². The zero-order valence-electron chi connectivity index (χ0n) is 13.4. The summed E-state index contributed by atoms with van der Waals surface area (Å²) in [5.74, 6) is -0.162. The van der Waals surface area contributed by atoms with Crippen molar-refractivity contribution in [3.63, 3.8) is 0 Å². The summed E-state index contributed by atoms with van der Waals surface area (Å²) in [5.41, 5.74) is 2.06. The Morgan fingerprint density at radius 1 is 1.16 bits per heavy atom. The molecular weight excluding hydrogens is 323 g/mol. The Morgan fingerprint density at radius 2 is 1.96 bits per heavy atom. The molecule has 0 radical (unpaired) electrons. The summed E-state index contributed by atoms with van der Waals surface area (Å²) in [5, 5.41) is 2.72. The van der Waals surface area contributed by atoms with Gasteiger partial charge in [0, 0.05) is 24.0 Å². The molecular formula is C18H15FN4O2. The second-order valence-corrected chi connectivity index (χ2v) is 5.22. The summed E-state index contributed by atoms with van der Waals surface area (Å²) in [6.45, 7) is 0. The molecule has 1 amide bonds. The Labute approximate surface area is 143 Å². The fourth-order valence-corrected chi connectivity index (χ4v) is 2.28. The van der Waals surface area contributed by atoms with Crippen molar-refractivity contribution in [3.8, 4) is 17.0 Å². The SMILES string of the molecule is COc1cc(-c2cc(NC(=O)Cc3ccncc3)ncn2)ccc1F. The Morgan fingerprint density at radius 3 is 2.72 bits per heavy atom. The molecule has 0 aliphatic heterocycles. The van der Waals surface area contributed by atoms with Gasteiger partial charge in [-0.15, -0.1) is 0 Å². The Bertz CT molecular complexity index is 887. The number of halogens is 1. The van der Waals surface area contributed by atoms with E-state index in [0.717, 1.165) is 5.56 Å². The number of pyridine rings is 1. The second kappa shape index (κ2) is 7.48. The molecule has 3 rings (SSSR count). The number of ether oxygens (including phenoxy) is 1. The summed E-state index contributed by atoms with van der Waals surface area (Å²) in [4.78, 5) is 24.2. The Hall–Kier alpha value is -3.35. The molecule has 1 N–H and O–H groups in total. The van der Waals surface area contributed by atoms with Gasteiger partial charge in [-0.2, -0.15) is 0 Å². The van der Waals surface area contributed by atoms with E-state index in [0.29, 0.717) is 17.1 Å². The predicted molar refractivity (Wildman–Crippen MR) is 90.5 cm³/mol. The fraction of sp³-hybridized carbons (Fsp3) is 0.111. The number of methoxy groups -OCH3 is 1. The second-order valence-electron chi connectivity index (χ2n) is 5.22. The molecule has 0 bridgehead atoms. The molecule has 3 aromatic rings.